The molecule has 0 aliphatic heterocycles. The Labute approximate surface area is 115 Å². The van der Waals surface area contributed by atoms with Crippen molar-refractivity contribution >= 4 is 0 Å². The van der Waals surface area contributed by atoms with Gasteiger partial charge in [-0.2, -0.15) is 0 Å². The molecular weight excluding hydrogens is 234 g/mol. The van der Waals surface area contributed by atoms with E-state index in [0.717, 1.165) is 25.2 Å². The average Bonchev–Trinajstić information content (AvgIpc) is 2.83. The van der Waals surface area contributed by atoms with Gasteiger partial charge in [-0.15, -0.1) is 0 Å². The summed E-state index contributed by atoms with van der Waals surface area (Å²) in [5, 5.41) is 3.59. The van der Waals surface area contributed by atoms with E-state index in [2.05, 4.69) is 60.0 Å². The summed E-state index contributed by atoms with van der Waals surface area (Å²) in [6.45, 7) is 5.33. The molecule has 1 aromatic carbocycles. The molecule has 0 saturated heterocycles. The quantitative estimate of drug-likeness (QED) is 0.862. The Balaban J connectivity index is 2.14. The maximum atomic E-state index is 4.48. The number of nitrogens with one attached hydrogen (secondary N) is 1. The lowest BCUT2D eigenvalue weighted by Gasteiger charge is -2.18. The fourth-order valence-corrected chi connectivity index (χ4v) is 2.25. The van der Waals surface area contributed by atoms with Crippen LogP contribution >= 0.6 is 0 Å². The van der Waals surface area contributed by atoms with E-state index in [9.17, 15) is 0 Å². The first-order chi connectivity index (χ1) is 9.20. The highest BCUT2D eigenvalue weighted by atomic mass is 15.1. The van der Waals surface area contributed by atoms with Gasteiger partial charge in [0.1, 0.15) is 5.82 Å². The molecule has 0 aliphatic rings. The second-order valence-corrected chi connectivity index (χ2v) is 5.09. The maximum absolute atomic E-state index is 4.48. The van der Waals surface area contributed by atoms with E-state index in [1.54, 1.807) is 0 Å². The number of rotatable bonds is 6. The zero-order valence-corrected chi connectivity index (χ0v) is 12.1. The van der Waals surface area contributed by atoms with E-state index in [0.29, 0.717) is 0 Å². The molecule has 0 saturated carbocycles. The molecule has 0 aliphatic carbocycles. The molecule has 1 atom stereocenters. The van der Waals surface area contributed by atoms with Crippen molar-refractivity contribution in [3.05, 3.63) is 53.6 Å². The smallest absolute Gasteiger partial charge is 0.125 e. The minimum absolute atomic E-state index is 0.280. The molecule has 3 nitrogen and oxygen atoms in total. The second-order valence-electron chi connectivity index (χ2n) is 5.09. The van der Waals surface area contributed by atoms with Gasteiger partial charge in [0.05, 0.1) is 6.04 Å². The first kappa shape index (κ1) is 13.8. The number of aryl methyl sites for hydroxylation is 2. The van der Waals surface area contributed by atoms with Crippen LogP contribution in [0, 0.1) is 6.92 Å². The highest BCUT2D eigenvalue weighted by Gasteiger charge is 2.15. The van der Waals surface area contributed by atoms with Crippen molar-refractivity contribution in [3.63, 3.8) is 0 Å². The predicted octanol–water partition coefficient (Wildman–Crippen LogP) is 3.01. The van der Waals surface area contributed by atoms with Crippen molar-refractivity contribution in [2.75, 3.05) is 6.54 Å². The van der Waals surface area contributed by atoms with Crippen LogP contribution in [0.2, 0.25) is 0 Å². The summed E-state index contributed by atoms with van der Waals surface area (Å²) in [6, 6.07) is 9.04. The van der Waals surface area contributed by atoms with Crippen LogP contribution in [0.1, 0.15) is 36.3 Å². The minimum atomic E-state index is 0.280. The van der Waals surface area contributed by atoms with Crippen LogP contribution in [-0.4, -0.2) is 16.1 Å². The van der Waals surface area contributed by atoms with Crippen molar-refractivity contribution in [1.82, 2.24) is 14.9 Å². The summed E-state index contributed by atoms with van der Waals surface area (Å²) in [5.41, 5.74) is 2.65. The van der Waals surface area contributed by atoms with Gasteiger partial charge in [0.2, 0.25) is 0 Å². The van der Waals surface area contributed by atoms with Gasteiger partial charge in [0.25, 0.3) is 0 Å². The second kappa shape index (κ2) is 6.53. The molecule has 0 radical (unpaired) electrons. The van der Waals surface area contributed by atoms with E-state index < -0.39 is 0 Å². The summed E-state index contributed by atoms with van der Waals surface area (Å²) < 4.78 is 2.10. The third-order valence-corrected chi connectivity index (χ3v) is 3.37. The Hall–Kier alpha value is -1.61. The van der Waals surface area contributed by atoms with Gasteiger partial charge in [-0.05, 0) is 31.9 Å². The first-order valence-corrected chi connectivity index (χ1v) is 6.97. The molecule has 0 spiro atoms. The number of aromatic nitrogens is 2. The highest BCUT2D eigenvalue weighted by Crippen LogP contribution is 2.17. The number of nitrogens with zero attached hydrogens (tertiary/aromatic N) is 2. The largest absolute Gasteiger partial charge is 0.337 e. The van der Waals surface area contributed by atoms with E-state index in [4.69, 9.17) is 0 Å². The summed E-state index contributed by atoms with van der Waals surface area (Å²) in [5.74, 6) is 1.11. The van der Waals surface area contributed by atoms with Gasteiger partial charge in [0, 0.05) is 19.4 Å². The molecular formula is C16H23N3. The van der Waals surface area contributed by atoms with E-state index >= 15 is 0 Å². The highest BCUT2D eigenvalue weighted by molar-refractivity contribution is 5.23. The van der Waals surface area contributed by atoms with Crippen molar-refractivity contribution in [2.45, 2.75) is 32.7 Å². The number of hydrogen-bond acceptors (Lipinski definition) is 2. The molecule has 2 aromatic rings. The topological polar surface area (TPSA) is 29.9 Å². The van der Waals surface area contributed by atoms with E-state index in [1.165, 1.54) is 11.1 Å². The summed E-state index contributed by atoms with van der Waals surface area (Å²) in [6.07, 6.45) is 5.98. The molecule has 1 aromatic heterocycles. The normalized spacial score (nSPS) is 12.6. The number of hydrogen-bond donors (Lipinski definition) is 1. The lowest BCUT2D eigenvalue weighted by molar-refractivity contribution is 0.491. The van der Waals surface area contributed by atoms with Crippen LogP contribution < -0.4 is 5.32 Å². The maximum Gasteiger partial charge on any atom is 0.125 e. The molecule has 0 bridgehead atoms. The van der Waals surface area contributed by atoms with Gasteiger partial charge in [-0.25, -0.2) is 4.98 Å². The predicted molar refractivity (Wildman–Crippen MR) is 79.1 cm³/mol. The summed E-state index contributed by atoms with van der Waals surface area (Å²) in [4.78, 5) is 4.48. The number of imidazole rings is 1. The molecule has 19 heavy (non-hydrogen) atoms. The minimum Gasteiger partial charge on any atom is -0.337 e. The first-order valence-electron chi connectivity index (χ1n) is 6.97. The molecule has 0 fully saturated rings. The molecule has 102 valence electrons. The zero-order chi connectivity index (χ0) is 13.7. The van der Waals surface area contributed by atoms with E-state index in [-0.39, 0.29) is 6.04 Å². The van der Waals surface area contributed by atoms with Crippen LogP contribution in [-0.2, 0) is 13.5 Å². The average molecular weight is 257 g/mol. The van der Waals surface area contributed by atoms with Gasteiger partial charge in [-0.3, -0.25) is 0 Å². The Morgan fingerprint density at radius 1 is 1.26 bits per heavy atom. The Kier molecular flexibility index (Phi) is 4.74. The zero-order valence-electron chi connectivity index (χ0n) is 12.1. The van der Waals surface area contributed by atoms with Gasteiger partial charge in [0.15, 0.2) is 0 Å². The molecule has 0 amide bonds. The molecule has 3 heteroatoms. The van der Waals surface area contributed by atoms with Crippen LogP contribution in [0.5, 0.6) is 0 Å². The fraction of sp³-hybridized carbons (Fsp3) is 0.438. The fourth-order valence-electron chi connectivity index (χ4n) is 2.25. The van der Waals surface area contributed by atoms with Crippen molar-refractivity contribution < 1.29 is 0 Å². The molecule has 1 unspecified atom stereocenters. The third-order valence-electron chi connectivity index (χ3n) is 3.37. The van der Waals surface area contributed by atoms with Gasteiger partial charge < -0.3 is 9.88 Å². The lowest BCUT2D eigenvalue weighted by Crippen LogP contribution is -2.26. The molecule has 1 heterocycles. The van der Waals surface area contributed by atoms with E-state index in [1.807, 2.05) is 12.4 Å². The van der Waals surface area contributed by atoms with Crippen LogP contribution in [0.4, 0.5) is 0 Å². The Morgan fingerprint density at radius 3 is 2.58 bits per heavy atom. The summed E-state index contributed by atoms with van der Waals surface area (Å²) >= 11 is 0. The standard InChI is InChI=1S/C16H23N3/c1-4-9-17-15(16-18-10-11-19(16)3)12-14-7-5-13(2)6-8-14/h5-8,10-11,15,17H,4,9,12H2,1-3H3. The van der Waals surface area contributed by atoms with Crippen LogP contribution in [0.25, 0.3) is 0 Å². The van der Waals surface area contributed by atoms with Crippen LogP contribution in [0.3, 0.4) is 0 Å². The third kappa shape index (κ3) is 3.67. The Morgan fingerprint density at radius 2 is 2.00 bits per heavy atom. The monoisotopic (exact) mass is 257 g/mol. The van der Waals surface area contributed by atoms with Crippen LogP contribution in [0.15, 0.2) is 36.7 Å². The van der Waals surface area contributed by atoms with Crippen molar-refractivity contribution in [1.29, 1.82) is 0 Å². The SMILES string of the molecule is CCCNC(Cc1ccc(C)cc1)c1nccn1C. The molecule has 1 N–H and O–H groups in total. The molecule has 2 rings (SSSR count). The van der Waals surface area contributed by atoms with Crippen molar-refractivity contribution in [3.8, 4) is 0 Å². The van der Waals surface area contributed by atoms with Gasteiger partial charge >= 0.3 is 0 Å². The Bertz CT molecular complexity index is 499. The summed E-state index contributed by atoms with van der Waals surface area (Å²) in [7, 11) is 2.05. The lowest BCUT2D eigenvalue weighted by atomic mass is 10.0. The van der Waals surface area contributed by atoms with Crippen molar-refractivity contribution in [2.24, 2.45) is 7.05 Å². The van der Waals surface area contributed by atoms with Gasteiger partial charge in [-0.1, -0.05) is 36.8 Å². The number of benzene rings is 1.